The quantitative estimate of drug-likeness (QED) is 0.329. The molecule has 1 aliphatic carbocycles. The normalized spacial score (nSPS) is 17.2. The summed E-state index contributed by atoms with van der Waals surface area (Å²) in [5, 5.41) is 0. The summed E-state index contributed by atoms with van der Waals surface area (Å²) in [5.41, 5.74) is 0. The monoisotopic (exact) mass is 296 g/mol. The zero-order chi connectivity index (χ0) is 14.0. The van der Waals surface area contributed by atoms with Gasteiger partial charge >= 0.3 is 9.05 Å². The van der Waals surface area contributed by atoms with Crippen LogP contribution in [0.4, 0.5) is 0 Å². The molecule has 0 saturated heterocycles. The highest BCUT2D eigenvalue weighted by Crippen LogP contribution is 2.26. The first kappa shape index (κ1) is 17.0. The highest BCUT2D eigenvalue weighted by Gasteiger charge is 2.54. The van der Waals surface area contributed by atoms with Crippen molar-refractivity contribution in [2.75, 3.05) is 19.8 Å². The summed E-state index contributed by atoms with van der Waals surface area (Å²) in [7, 11) is -3.59. The summed E-state index contributed by atoms with van der Waals surface area (Å²) in [6, 6.07) is 0. The first-order chi connectivity index (χ1) is 9.26. The van der Waals surface area contributed by atoms with E-state index in [1.807, 2.05) is 0 Å². The Morgan fingerprint density at radius 1 is 0.789 bits per heavy atom. The Morgan fingerprint density at radius 2 is 1.21 bits per heavy atom. The van der Waals surface area contributed by atoms with Gasteiger partial charge in [-0.1, -0.05) is 12.8 Å². The molecule has 0 unspecified atom stereocenters. The molecule has 0 amide bonds. The van der Waals surface area contributed by atoms with E-state index in [1.165, 1.54) is 0 Å². The molecule has 0 aromatic rings. The fourth-order valence-electron chi connectivity index (χ4n) is 1.70. The van der Waals surface area contributed by atoms with Crippen molar-refractivity contribution in [1.82, 2.24) is 0 Å². The number of hydrogen-bond acceptors (Lipinski definition) is 7. The third-order valence-corrected chi connectivity index (χ3v) is 4.04. The molecule has 8 heteroatoms. The molecule has 0 atom stereocenters. The average Bonchev–Trinajstić information content (AvgIpc) is 2.93. The van der Waals surface area contributed by atoms with Gasteiger partial charge in [-0.05, 0) is 33.6 Å². The summed E-state index contributed by atoms with van der Waals surface area (Å²) < 4.78 is 21.3. The van der Waals surface area contributed by atoms with E-state index in [-0.39, 0.29) is 6.10 Å². The summed E-state index contributed by atoms with van der Waals surface area (Å²) in [5.74, 6) is 0. The van der Waals surface area contributed by atoms with Crippen molar-refractivity contribution in [3.05, 3.63) is 0 Å². The van der Waals surface area contributed by atoms with Gasteiger partial charge < -0.3 is 4.43 Å². The Kier molecular flexibility index (Phi) is 8.75. The Morgan fingerprint density at radius 3 is 1.58 bits per heavy atom. The van der Waals surface area contributed by atoms with Gasteiger partial charge in [-0.3, -0.25) is 0 Å². The van der Waals surface area contributed by atoms with Crippen molar-refractivity contribution >= 4 is 9.05 Å². The molecule has 1 saturated carbocycles. The van der Waals surface area contributed by atoms with E-state index in [4.69, 9.17) is 32.8 Å². The van der Waals surface area contributed by atoms with Crippen molar-refractivity contribution in [1.29, 1.82) is 0 Å². The Bertz CT molecular complexity index is 201. The topological polar surface area (TPSA) is 64.6 Å². The predicted molar refractivity (Wildman–Crippen MR) is 67.2 cm³/mol. The molecule has 0 aliphatic heterocycles. The van der Waals surface area contributed by atoms with E-state index < -0.39 is 9.05 Å². The van der Waals surface area contributed by atoms with E-state index >= 15 is 0 Å². The van der Waals surface area contributed by atoms with Crippen molar-refractivity contribution in [2.24, 2.45) is 0 Å². The maximum absolute atomic E-state index is 5.80. The summed E-state index contributed by atoms with van der Waals surface area (Å²) in [6.07, 6.45) is 4.14. The molecule has 0 bridgehead atoms. The van der Waals surface area contributed by atoms with Crippen LogP contribution in [0.3, 0.4) is 0 Å². The first-order valence-electron chi connectivity index (χ1n) is 6.86. The lowest BCUT2D eigenvalue weighted by molar-refractivity contribution is -0.388. The summed E-state index contributed by atoms with van der Waals surface area (Å²) >= 11 is 0. The lowest BCUT2D eigenvalue weighted by Gasteiger charge is -2.26. The van der Waals surface area contributed by atoms with E-state index in [0.29, 0.717) is 19.8 Å². The maximum atomic E-state index is 5.80. The highest BCUT2D eigenvalue weighted by atomic mass is 28.4. The third kappa shape index (κ3) is 6.28. The Hall–Kier alpha value is -0.0631. The molecule has 19 heavy (non-hydrogen) atoms. The molecular formula is C11H24O7Si. The molecule has 0 aromatic heterocycles. The molecular weight excluding hydrogens is 272 g/mol. The van der Waals surface area contributed by atoms with Crippen LogP contribution < -0.4 is 0 Å². The fraction of sp³-hybridized carbons (Fsp3) is 1.00. The van der Waals surface area contributed by atoms with Crippen molar-refractivity contribution in [2.45, 2.75) is 52.6 Å². The minimum Gasteiger partial charge on any atom is -0.344 e. The van der Waals surface area contributed by atoms with Gasteiger partial charge in [0.1, 0.15) is 0 Å². The third-order valence-electron chi connectivity index (χ3n) is 2.45. The van der Waals surface area contributed by atoms with Gasteiger partial charge in [0.2, 0.25) is 0 Å². The van der Waals surface area contributed by atoms with Crippen LogP contribution in [0, 0.1) is 0 Å². The van der Waals surface area contributed by atoms with Crippen molar-refractivity contribution < 1.29 is 32.8 Å². The molecule has 114 valence electrons. The van der Waals surface area contributed by atoms with Crippen LogP contribution in [0.15, 0.2) is 0 Å². The zero-order valence-electron chi connectivity index (χ0n) is 11.9. The fourth-order valence-corrected chi connectivity index (χ4v) is 3.34. The second-order valence-electron chi connectivity index (χ2n) is 3.99. The maximum Gasteiger partial charge on any atom is 0.764 e. The molecule has 7 nitrogen and oxygen atoms in total. The molecule has 1 rings (SSSR count). The van der Waals surface area contributed by atoms with Crippen LogP contribution in [0.2, 0.25) is 0 Å². The molecule has 1 fully saturated rings. The molecule has 0 heterocycles. The smallest absolute Gasteiger partial charge is 0.344 e. The zero-order valence-corrected chi connectivity index (χ0v) is 12.9. The van der Waals surface area contributed by atoms with Gasteiger partial charge in [-0.15, -0.1) is 0 Å². The van der Waals surface area contributed by atoms with Crippen LogP contribution in [-0.4, -0.2) is 35.0 Å². The lowest BCUT2D eigenvalue weighted by Crippen LogP contribution is -2.51. The summed E-state index contributed by atoms with van der Waals surface area (Å²) in [4.78, 5) is 14.8. The van der Waals surface area contributed by atoms with Gasteiger partial charge in [-0.25, -0.2) is 14.7 Å². The van der Waals surface area contributed by atoms with E-state index in [1.54, 1.807) is 20.8 Å². The largest absolute Gasteiger partial charge is 0.764 e. The minimum atomic E-state index is -3.59. The standard InChI is InChI=1S/C11H24O7Si/c1-4-12-16-19(17-13-5-2,18-14-6-3)15-11-9-7-8-10-11/h11H,4-10H2,1-3H3. The molecule has 0 radical (unpaired) electrons. The highest BCUT2D eigenvalue weighted by molar-refractivity contribution is 6.52. The number of hydrogen-bond donors (Lipinski definition) is 0. The minimum absolute atomic E-state index is 0.0213. The SMILES string of the molecule is CCOO[Si](OOCC)(OOCC)OC1CCCC1. The van der Waals surface area contributed by atoms with Gasteiger partial charge in [0.05, 0.1) is 25.9 Å². The van der Waals surface area contributed by atoms with E-state index in [0.717, 1.165) is 25.7 Å². The first-order valence-corrected chi connectivity index (χ1v) is 8.49. The lowest BCUT2D eigenvalue weighted by atomic mass is 10.3. The Balaban J connectivity index is 2.61. The molecule has 1 aliphatic rings. The molecule has 0 N–H and O–H groups in total. The second-order valence-corrected chi connectivity index (χ2v) is 5.73. The Labute approximate surface area is 115 Å². The van der Waals surface area contributed by atoms with Crippen molar-refractivity contribution in [3.63, 3.8) is 0 Å². The predicted octanol–water partition coefficient (Wildman–Crippen LogP) is 2.29. The van der Waals surface area contributed by atoms with Crippen LogP contribution >= 0.6 is 0 Å². The van der Waals surface area contributed by atoms with Crippen molar-refractivity contribution in [3.8, 4) is 0 Å². The van der Waals surface area contributed by atoms with Crippen LogP contribution in [0.25, 0.3) is 0 Å². The van der Waals surface area contributed by atoms with Gasteiger partial charge in [-0.2, -0.15) is 13.7 Å². The molecule has 0 aromatic carbocycles. The van der Waals surface area contributed by atoms with Crippen LogP contribution in [0.1, 0.15) is 46.5 Å². The summed E-state index contributed by atoms with van der Waals surface area (Å²) in [6.45, 7) is 6.39. The van der Waals surface area contributed by atoms with Gasteiger partial charge in [0, 0.05) is 0 Å². The number of rotatable bonds is 11. The van der Waals surface area contributed by atoms with Crippen LogP contribution in [0.5, 0.6) is 0 Å². The van der Waals surface area contributed by atoms with Gasteiger partial charge in [0.25, 0.3) is 0 Å². The van der Waals surface area contributed by atoms with Gasteiger partial charge in [0.15, 0.2) is 0 Å². The second kappa shape index (κ2) is 9.78. The molecule has 0 spiro atoms. The van der Waals surface area contributed by atoms with E-state index in [2.05, 4.69) is 0 Å². The van der Waals surface area contributed by atoms with E-state index in [9.17, 15) is 0 Å². The average molecular weight is 296 g/mol. The van der Waals surface area contributed by atoms with Crippen LogP contribution in [-0.2, 0) is 32.8 Å².